The first-order chi connectivity index (χ1) is 10.2. The molecule has 122 valence electrons. The number of carbonyl (C=O) groups is 1. The second-order valence-corrected chi connectivity index (χ2v) is 7.36. The van der Waals surface area contributed by atoms with Crippen LogP contribution in [-0.2, 0) is 9.84 Å². The number of hydrogen-bond donors (Lipinski definition) is 2. The smallest absolute Gasteiger partial charge is 0.387 e. The Morgan fingerprint density at radius 1 is 1.41 bits per heavy atom. The molecule has 1 aliphatic heterocycles. The molecule has 6 nitrogen and oxygen atoms in total. The molecule has 1 atom stereocenters. The van der Waals surface area contributed by atoms with Crippen LogP contribution in [0.5, 0.6) is 5.75 Å². The zero-order valence-corrected chi connectivity index (χ0v) is 12.8. The molecule has 0 saturated carbocycles. The minimum absolute atomic E-state index is 0.0451. The lowest BCUT2D eigenvalue weighted by Gasteiger charge is -2.13. The Kier molecular flexibility index (Phi) is 5.07. The Balaban J connectivity index is 1.93. The number of hydrogen-bond acceptors (Lipinski definition) is 4. The van der Waals surface area contributed by atoms with E-state index >= 15 is 0 Å². The van der Waals surface area contributed by atoms with E-state index in [1.807, 2.05) is 0 Å². The van der Waals surface area contributed by atoms with Gasteiger partial charge in [0.2, 0.25) is 0 Å². The Morgan fingerprint density at radius 3 is 2.68 bits per heavy atom. The predicted molar refractivity (Wildman–Crippen MR) is 77.3 cm³/mol. The second kappa shape index (κ2) is 6.66. The lowest BCUT2D eigenvalue weighted by Crippen LogP contribution is -2.38. The van der Waals surface area contributed by atoms with E-state index in [1.165, 1.54) is 18.2 Å². The van der Waals surface area contributed by atoms with Crippen LogP contribution >= 0.6 is 11.6 Å². The van der Waals surface area contributed by atoms with Crippen LogP contribution in [0.15, 0.2) is 18.2 Å². The number of anilines is 1. The van der Waals surface area contributed by atoms with Crippen LogP contribution in [0, 0.1) is 0 Å². The molecule has 2 N–H and O–H groups in total. The monoisotopic (exact) mass is 354 g/mol. The molecule has 0 radical (unpaired) electrons. The molecule has 1 aromatic rings. The summed E-state index contributed by atoms with van der Waals surface area (Å²) in [5.41, 5.74) is 0.268. The Labute approximate surface area is 130 Å². The summed E-state index contributed by atoms with van der Waals surface area (Å²) in [7, 11) is -3.09. The van der Waals surface area contributed by atoms with Crippen LogP contribution in [0.1, 0.15) is 6.42 Å². The molecule has 22 heavy (non-hydrogen) atoms. The van der Waals surface area contributed by atoms with Gasteiger partial charge >= 0.3 is 12.6 Å². The van der Waals surface area contributed by atoms with Crippen molar-refractivity contribution in [1.29, 1.82) is 0 Å². The molecule has 0 aromatic heterocycles. The number of benzene rings is 1. The fraction of sp³-hybridized carbons (Fsp3) is 0.417. The SMILES string of the molecule is O=C(Nc1ccc(OC(F)F)c(Cl)c1)NC1CCS(=O)(=O)C1. The number of sulfone groups is 1. The van der Waals surface area contributed by atoms with E-state index in [2.05, 4.69) is 15.4 Å². The van der Waals surface area contributed by atoms with Crippen LogP contribution in [0.3, 0.4) is 0 Å². The Morgan fingerprint density at radius 2 is 2.14 bits per heavy atom. The van der Waals surface area contributed by atoms with Crippen LogP contribution in [0.25, 0.3) is 0 Å². The van der Waals surface area contributed by atoms with Gasteiger partial charge in [0, 0.05) is 11.7 Å². The normalized spacial score (nSPS) is 19.9. The highest BCUT2D eigenvalue weighted by molar-refractivity contribution is 7.91. The second-order valence-electron chi connectivity index (χ2n) is 4.72. The highest BCUT2D eigenvalue weighted by Gasteiger charge is 2.28. The van der Waals surface area contributed by atoms with Crippen molar-refractivity contribution in [3.05, 3.63) is 23.2 Å². The molecule has 0 bridgehead atoms. The minimum atomic E-state index is -3.09. The van der Waals surface area contributed by atoms with Gasteiger partial charge in [0.1, 0.15) is 5.75 Å². The fourth-order valence-corrected chi connectivity index (χ4v) is 3.93. The number of urea groups is 1. The number of halogens is 3. The van der Waals surface area contributed by atoms with Crippen molar-refractivity contribution in [2.75, 3.05) is 16.8 Å². The van der Waals surface area contributed by atoms with Gasteiger partial charge in [0.25, 0.3) is 0 Å². The maximum absolute atomic E-state index is 12.1. The maximum Gasteiger partial charge on any atom is 0.387 e. The van der Waals surface area contributed by atoms with E-state index in [0.717, 1.165) is 0 Å². The number of alkyl halides is 2. The van der Waals surface area contributed by atoms with Crippen LogP contribution in [0.4, 0.5) is 19.3 Å². The molecule has 1 unspecified atom stereocenters. The standard InChI is InChI=1S/C12H13ClF2N2O4S/c13-9-5-7(1-2-10(9)21-11(14)15)16-12(18)17-8-3-4-22(19,20)6-8/h1-2,5,8,11H,3-4,6H2,(H2,16,17,18). The predicted octanol–water partition coefficient (Wildman–Crippen LogP) is 2.25. The van der Waals surface area contributed by atoms with Gasteiger partial charge in [-0.15, -0.1) is 0 Å². The van der Waals surface area contributed by atoms with Crippen molar-refractivity contribution in [1.82, 2.24) is 5.32 Å². The summed E-state index contributed by atoms with van der Waals surface area (Å²) in [4.78, 5) is 11.7. The van der Waals surface area contributed by atoms with Gasteiger partial charge in [-0.25, -0.2) is 13.2 Å². The summed E-state index contributed by atoms with van der Waals surface area (Å²) in [5, 5.41) is 4.89. The average Bonchev–Trinajstić information content (AvgIpc) is 2.71. The summed E-state index contributed by atoms with van der Waals surface area (Å²) in [6.45, 7) is -3.00. The topological polar surface area (TPSA) is 84.5 Å². The van der Waals surface area contributed by atoms with Crippen molar-refractivity contribution in [3.8, 4) is 5.75 Å². The van der Waals surface area contributed by atoms with Gasteiger partial charge in [0.05, 0.1) is 16.5 Å². The zero-order valence-electron chi connectivity index (χ0n) is 11.2. The molecule has 1 heterocycles. The van der Waals surface area contributed by atoms with Gasteiger partial charge in [0.15, 0.2) is 9.84 Å². The van der Waals surface area contributed by atoms with Gasteiger partial charge in [-0.2, -0.15) is 8.78 Å². The van der Waals surface area contributed by atoms with Crippen molar-refractivity contribution < 1.29 is 26.7 Å². The molecular weight excluding hydrogens is 342 g/mol. The van der Waals surface area contributed by atoms with E-state index in [9.17, 15) is 22.0 Å². The molecule has 1 aliphatic rings. The highest BCUT2D eigenvalue weighted by Crippen LogP contribution is 2.28. The van der Waals surface area contributed by atoms with Crippen molar-refractivity contribution in [2.24, 2.45) is 0 Å². The minimum Gasteiger partial charge on any atom is -0.433 e. The van der Waals surface area contributed by atoms with Crippen molar-refractivity contribution in [3.63, 3.8) is 0 Å². The van der Waals surface area contributed by atoms with Crippen molar-refractivity contribution >= 4 is 33.2 Å². The van der Waals surface area contributed by atoms with Crippen LogP contribution < -0.4 is 15.4 Å². The molecule has 0 aliphatic carbocycles. The number of carbonyl (C=O) groups excluding carboxylic acids is 1. The Hall–Kier alpha value is -1.61. The third-order valence-corrected chi connectivity index (χ3v) is 5.04. The van der Waals surface area contributed by atoms with Gasteiger partial charge < -0.3 is 15.4 Å². The van der Waals surface area contributed by atoms with E-state index in [1.54, 1.807) is 0 Å². The summed E-state index contributed by atoms with van der Waals surface area (Å²) in [6, 6.07) is 2.76. The summed E-state index contributed by atoms with van der Waals surface area (Å²) < 4.78 is 50.9. The summed E-state index contributed by atoms with van der Waals surface area (Å²) in [6.07, 6.45) is 0.359. The number of rotatable bonds is 4. The van der Waals surface area contributed by atoms with Gasteiger partial charge in [-0.3, -0.25) is 0 Å². The summed E-state index contributed by atoms with van der Waals surface area (Å²) in [5.74, 6) is -0.254. The van der Waals surface area contributed by atoms with Gasteiger partial charge in [-0.1, -0.05) is 11.6 Å². The van der Waals surface area contributed by atoms with E-state index < -0.39 is 28.5 Å². The maximum atomic E-state index is 12.1. The first-order valence-corrected chi connectivity index (χ1v) is 8.47. The average molecular weight is 355 g/mol. The number of ether oxygens (including phenoxy) is 1. The molecule has 2 rings (SSSR count). The number of nitrogens with one attached hydrogen (secondary N) is 2. The summed E-state index contributed by atoms with van der Waals surface area (Å²) >= 11 is 5.76. The molecule has 1 aromatic carbocycles. The lowest BCUT2D eigenvalue weighted by molar-refractivity contribution is -0.0497. The van der Waals surface area contributed by atoms with Crippen LogP contribution in [-0.4, -0.2) is 38.6 Å². The van der Waals surface area contributed by atoms with Gasteiger partial charge in [-0.05, 0) is 24.6 Å². The third kappa shape index (κ3) is 4.70. The quantitative estimate of drug-likeness (QED) is 0.868. The molecular formula is C12H13ClF2N2O4S. The van der Waals surface area contributed by atoms with Crippen molar-refractivity contribution in [2.45, 2.75) is 19.1 Å². The lowest BCUT2D eigenvalue weighted by atomic mass is 10.2. The fourth-order valence-electron chi connectivity index (χ4n) is 2.03. The highest BCUT2D eigenvalue weighted by atomic mass is 35.5. The molecule has 1 saturated heterocycles. The molecule has 2 amide bonds. The number of amides is 2. The third-order valence-electron chi connectivity index (χ3n) is 2.97. The largest absolute Gasteiger partial charge is 0.433 e. The zero-order chi connectivity index (χ0) is 16.3. The van der Waals surface area contributed by atoms with E-state index in [0.29, 0.717) is 6.42 Å². The molecule has 1 fully saturated rings. The van der Waals surface area contributed by atoms with Crippen LogP contribution in [0.2, 0.25) is 5.02 Å². The van der Waals surface area contributed by atoms with E-state index in [-0.39, 0.29) is 28.0 Å². The first kappa shape index (κ1) is 16.8. The van der Waals surface area contributed by atoms with E-state index in [4.69, 9.17) is 11.6 Å². The Bertz CT molecular complexity index is 669. The molecule has 0 spiro atoms. The first-order valence-electron chi connectivity index (χ1n) is 6.27. The molecule has 10 heteroatoms.